The molecule has 138 valence electrons. The van der Waals surface area contributed by atoms with Crippen LogP contribution in [0.25, 0.3) is 6.08 Å². The number of nitrogens with zero attached hydrogens (tertiary/aromatic N) is 1. The molecule has 0 spiro atoms. The Morgan fingerprint density at radius 2 is 1.78 bits per heavy atom. The molecule has 0 aliphatic heterocycles. The second kappa shape index (κ2) is 9.15. The molecule has 7 heteroatoms. The fraction of sp³-hybridized carbons (Fsp3) is 0.150. The van der Waals surface area contributed by atoms with E-state index in [1.165, 1.54) is 44.4 Å². The molecule has 6 nitrogen and oxygen atoms in total. The third-order valence-corrected chi connectivity index (χ3v) is 3.53. The molecule has 1 amide bonds. The van der Waals surface area contributed by atoms with Crippen molar-refractivity contribution in [3.63, 3.8) is 0 Å². The second-order valence-corrected chi connectivity index (χ2v) is 5.49. The van der Waals surface area contributed by atoms with Crippen LogP contribution in [0.4, 0.5) is 10.1 Å². The number of anilines is 1. The standard InChI is InChI=1S/C20H17FN2O4/c1-13(19(24)23-17-7-5-16(21)6-8-17)27-20(25)15(12-22)11-14-3-9-18(26-2)10-4-14/h3-11,13H,1-2H3,(H,23,24)/b15-11+/t13-/m0/s1. The van der Waals surface area contributed by atoms with Gasteiger partial charge < -0.3 is 14.8 Å². The lowest BCUT2D eigenvalue weighted by Gasteiger charge is -2.13. The van der Waals surface area contributed by atoms with Crippen LogP contribution >= 0.6 is 0 Å². The van der Waals surface area contributed by atoms with Crippen molar-refractivity contribution in [1.29, 1.82) is 5.26 Å². The fourth-order valence-corrected chi connectivity index (χ4v) is 2.06. The maximum atomic E-state index is 12.9. The van der Waals surface area contributed by atoms with E-state index in [0.717, 1.165) is 0 Å². The number of carbonyl (C=O) groups is 2. The zero-order valence-electron chi connectivity index (χ0n) is 14.7. The van der Waals surface area contributed by atoms with Crippen molar-refractivity contribution < 1.29 is 23.5 Å². The zero-order valence-corrected chi connectivity index (χ0v) is 14.7. The Morgan fingerprint density at radius 3 is 2.33 bits per heavy atom. The molecular formula is C20H17FN2O4. The fourth-order valence-electron chi connectivity index (χ4n) is 2.06. The first-order valence-corrected chi connectivity index (χ1v) is 7.96. The van der Waals surface area contributed by atoms with Gasteiger partial charge in [0.2, 0.25) is 0 Å². The van der Waals surface area contributed by atoms with Crippen molar-refractivity contribution in [3.05, 3.63) is 65.5 Å². The van der Waals surface area contributed by atoms with Gasteiger partial charge in [0.05, 0.1) is 7.11 Å². The molecule has 0 aliphatic carbocycles. The monoisotopic (exact) mass is 368 g/mol. The van der Waals surface area contributed by atoms with Crippen molar-refractivity contribution >= 4 is 23.6 Å². The predicted molar refractivity (Wildman–Crippen MR) is 97.2 cm³/mol. The summed E-state index contributed by atoms with van der Waals surface area (Å²) in [4.78, 5) is 24.2. The van der Waals surface area contributed by atoms with Gasteiger partial charge in [0.25, 0.3) is 5.91 Å². The van der Waals surface area contributed by atoms with Crippen LogP contribution in [0.3, 0.4) is 0 Å². The van der Waals surface area contributed by atoms with Gasteiger partial charge in [0.15, 0.2) is 6.10 Å². The maximum absolute atomic E-state index is 12.9. The molecule has 0 aliphatic rings. The van der Waals surface area contributed by atoms with Gasteiger partial charge in [-0.25, -0.2) is 9.18 Å². The number of nitriles is 1. The summed E-state index contributed by atoms with van der Waals surface area (Å²) in [5.74, 6) is -1.32. The number of carbonyl (C=O) groups excluding carboxylic acids is 2. The molecule has 2 aromatic rings. The quantitative estimate of drug-likeness (QED) is 0.480. The van der Waals surface area contributed by atoms with E-state index < -0.39 is 23.8 Å². The van der Waals surface area contributed by atoms with E-state index in [0.29, 0.717) is 17.0 Å². The highest BCUT2D eigenvalue weighted by Crippen LogP contribution is 2.15. The number of amides is 1. The van der Waals surface area contributed by atoms with Crippen LogP contribution < -0.4 is 10.1 Å². The highest BCUT2D eigenvalue weighted by Gasteiger charge is 2.20. The minimum absolute atomic E-state index is 0.249. The van der Waals surface area contributed by atoms with Gasteiger partial charge in [0, 0.05) is 5.69 Å². The molecule has 2 rings (SSSR count). The molecule has 0 saturated heterocycles. The van der Waals surface area contributed by atoms with E-state index in [4.69, 9.17) is 9.47 Å². The van der Waals surface area contributed by atoms with Gasteiger partial charge in [-0.1, -0.05) is 12.1 Å². The number of esters is 1. The first-order chi connectivity index (χ1) is 12.9. The van der Waals surface area contributed by atoms with Crippen LogP contribution in [0.1, 0.15) is 12.5 Å². The topological polar surface area (TPSA) is 88.4 Å². The van der Waals surface area contributed by atoms with E-state index in [1.807, 2.05) is 0 Å². The van der Waals surface area contributed by atoms with Gasteiger partial charge in [0.1, 0.15) is 23.2 Å². The Kier molecular flexibility index (Phi) is 6.67. The van der Waals surface area contributed by atoms with Gasteiger partial charge in [-0.2, -0.15) is 5.26 Å². The lowest BCUT2D eigenvalue weighted by Crippen LogP contribution is -2.30. The van der Waals surface area contributed by atoms with Crippen LogP contribution in [0.2, 0.25) is 0 Å². The van der Waals surface area contributed by atoms with E-state index in [9.17, 15) is 19.2 Å². The molecular weight excluding hydrogens is 351 g/mol. The summed E-state index contributed by atoms with van der Waals surface area (Å²) in [6.07, 6.45) is 0.210. The molecule has 0 heterocycles. The minimum Gasteiger partial charge on any atom is -0.497 e. The molecule has 0 aromatic heterocycles. The first-order valence-electron chi connectivity index (χ1n) is 7.96. The van der Waals surface area contributed by atoms with Crippen LogP contribution in [0.15, 0.2) is 54.1 Å². The van der Waals surface area contributed by atoms with E-state index in [-0.39, 0.29) is 5.57 Å². The highest BCUT2D eigenvalue weighted by molar-refractivity contribution is 6.01. The molecule has 0 saturated carbocycles. The number of methoxy groups -OCH3 is 1. The molecule has 0 unspecified atom stereocenters. The minimum atomic E-state index is -1.14. The van der Waals surface area contributed by atoms with Crippen molar-refractivity contribution in [2.45, 2.75) is 13.0 Å². The van der Waals surface area contributed by atoms with E-state index in [2.05, 4.69) is 5.32 Å². The zero-order chi connectivity index (χ0) is 19.8. The predicted octanol–water partition coefficient (Wildman–Crippen LogP) is 3.31. The molecule has 2 aromatic carbocycles. The van der Waals surface area contributed by atoms with Crippen LogP contribution in [0, 0.1) is 17.1 Å². The molecule has 1 atom stereocenters. The summed E-state index contributed by atoms with van der Waals surface area (Å²) in [5.41, 5.74) is 0.716. The Bertz CT molecular complexity index is 884. The lowest BCUT2D eigenvalue weighted by atomic mass is 10.1. The summed E-state index contributed by atoms with van der Waals surface area (Å²) < 4.78 is 23.0. The Balaban J connectivity index is 2.01. The second-order valence-electron chi connectivity index (χ2n) is 5.49. The number of ether oxygens (including phenoxy) is 2. The molecule has 27 heavy (non-hydrogen) atoms. The van der Waals surface area contributed by atoms with E-state index in [1.54, 1.807) is 30.3 Å². The number of nitrogens with one attached hydrogen (secondary N) is 1. The number of hydrogen-bond donors (Lipinski definition) is 1. The molecule has 1 N–H and O–H groups in total. The largest absolute Gasteiger partial charge is 0.497 e. The number of rotatable bonds is 6. The number of halogens is 1. The average Bonchev–Trinajstić information content (AvgIpc) is 2.68. The van der Waals surface area contributed by atoms with Crippen LogP contribution in [-0.4, -0.2) is 25.1 Å². The van der Waals surface area contributed by atoms with Gasteiger partial charge in [-0.3, -0.25) is 4.79 Å². The van der Waals surface area contributed by atoms with Crippen molar-refractivity contribution in [3.8, 4) is 11.8 Å². The molecule has 0 radical (unpaired) electrons. The smallest absolute Gasteiger partial charge is 0.349 e. The normalized spacial score (nSPS) is 11.9. The lowest BCUT2D eigenvalue weighted by molar-refractivity contribution is -0.148. The SMILES string of the molecule is COc1ccc(/C=C(\C#N)C(=O)O[C@@H](C)C(=O)Nc2ccc(F)cc2)cc1. The molecule has 0 bridgehead atoms. The third kappa shape index (κ3) is 5.68. The number of hydrogen-bond acceptors (Lipinski definition) is 5. The Labute approximate surface area is 155 Å². The first kappa shape index (κ1) is 19.7. The third-order valence-electron chi connectivity index (χ3n) is 3.53. The van der Waals surface area contributed by atoms with Gasteiger partial charge in [-0.05, 0) is 55.0 Å². The molecule has 0 fully saturated rings. The Hall–Kier alpha value is -3.66. The maximum Gasteiger partial charge on any atom is 0.349 e. The summed E-state index contributed by atoms with van der Waals surface area (Å²) in [7, 11) is 1.53. The number of benzene rings is 2. The Morgan fingerprint density at radius 1 is 1.15 bits per heavy atom. The van der Waals surface area contributed by atoms with Gasteiger partial charge >= 0.3 is 5.97 Å². The van der Waals surface area contributed by atoms with Gasteiger partial charge in [-0.15, -0.1) is 0 Å². The summed E-state index contributed by atoms with van der Waals surface area (Å²) in [6.45, 7) is 1.37. The summed E-state index contributed by atoms with van der Waals surface area (Å²) in [6, 6.07) is 13.6. The van der Waals surface area contributed by atoms with Crippen LogP contribution in [-0.2, 0) is 14.3 Å². The summed E-state index contributed by atoms with van der Waals surface area (Å²) in [5, 5.41) is 11.7. The van der Waals surface area contributed by atoms with Crippen molar-refractivity contribution in [2.75, 3.05) is 12.4 Å². The average molecular weight is 368 g/mol. The summed E-state index contributed by atoms with van der Waals surface area (Å²) >= 11 is 0. The van der Waals surface area contributed by atoms with Crippen molar-refractivity contribution in [2.24, 2.45) is 0 Å². The van der Waals surface area contributed by atoms with Crippen LogP contribution in [0.5, 0.6) is 5.75 Å². The van der Waals surface area contributed by atoms with Crippen molar-refractivity contribution in [1.82, 2.24) is 0 Å². The van der Waals surface area contributed by atoms with E-state index >= 15 is 0 Å². The highest BCUT2D eigenvalue weighted by atomic mass is 19.1.